The Balaban J connectivity index is 2.24. The summed E-state index contributed by atoms with van der Waals surface area (Å²) in [6.07, 6.45) is 0.862. The third-order valence-corrected chi connectivity index (χ3v) is 7.37. The quantitative estimate of drug-likeness (QED) is 0.893. The van der Waals surface area contributed by atoms with Crippen LogP contribution in [-0.4, -0.2) is 38.9 Å². The van der Waals surface area contributed by atoms with Gasteiger partial charge in [0, 0.05) is 24.0 Å². The van der Waals surface area contributed by atoms with Gasteiger partial charge in [0.05, 0.1) is 8.68 Å². The van der Waals surface area contributed by atoms with Crippen molar-refractivity contribution in [1.29, 1.82) is 0 Å². The van der Waals surface area contributed by atoms with E-state index in [9.17, 15) is 8.42 Å². The van der Waals surface area contributed by atoms with Crippen LogP contribution in [0.4, 0.5) is 0 Å². The Labute approximate surface area is 127 Å². The van der Waals surface area contributed by atoms with Crippen LogP contribution in [0.5, 0.6) is 0 Å². The normalized spacial score (nSPS) is 25.7. The first-order chi connectivity index (χ1) is 8.86. The van der Waals surface area contributed by atoms with Crippen LogP contribution in [-0.2, 0) is 10.0 Å². The highest BCUT2D eigenvalue weighted by molar-refractivity contribution is 9.11. The minimum atomic E-state index is -3.35. The molecule has 1 aromatic heterocycles. The van der Waals surface area contributed by atoms with Crippen LogP contribution in [0.3, 0.4) is 0 Å². The molecule has 7 heteroatoms. The lowest BCUT2D eigenvalue weighted by Crippen LogP contribution is -2.49. The van der Waals surface area contributed by atoms with Crippen LogP contribution in [0, 0.1) is 12.8 Å². The summed E-state index contributed by atoms with van der Waals surface area (Å²) in [5.41, 5.74) is 0. The van der Waals surface area contributed by atoms with Gasteiger partial charge in [0.1, 0.15) is 0 Å². The Morgan fingerprint density at radius 1 is 1.53 bits per heavy atom. The largest absolute Gasteiger partial charge is 0.317 e. The van der Waals surface area contributed by atoms with Crippen molar-refractivity contribution in [3.63, 3.8) is 0 Å². The van der Waals surface area contributed by atoms with E-state index in [0.717, 1.165) is 15.1 Å². The minimum absolute atomic E-state index is 0.330. The molecule has 19 heavy (non-hydrogen) atoms. The van der Waals surface area contributed by atoms with Crippen molar-refractivity contribution >= 4 is 37.3 Å². The van der Waals surface area contributed by atoms with Crippen molar-refractivity contribution < 1.29 is 8.42 Å². The molecule has 1 fully saturated rings. The molecule has 1 N–H and O–H groups in total. The van der Waals surface area contributed by atoms with Crippen LogP contribution in [0.25, 0.3) is 0 Å². The molecule has 0 spiro atoms. The average Bonchev–Trinajstić information content (AvgIpc) is 2.69. The summed E-state index contributed by atoms with van der Waals surface area (Å²) < 4.78 is 27.8. The lowest BCUT2D eigenvalue weighted by atomic mass is 9.96. The number of piperidine rings is 1. The Morgan fingerprint density at radius 2 is 2.21 bits per heavy atom. The van der Waals surface area contributed by atoms with E-state index in [0.29, 0.717) is 29.9 Å². The first-order valence-electron chi connectivity index (χ1n) is 6.29. The summed E-state index contributed by atoms with van der Waals surface area (Å²) in [5, 5.41) is 3.25. The van der Waals surface area contributed by atoms with Gasteiger partial charge in [0.25, 0.3) is 0 Å². The molecule has 0 bridgehead atoms. The number of halogens is 1. The van der Waals surface area contributed by atoms with Gasteiger partial charge in [-0.3, -0.25) is 0 Å². The second-order valence-corrected chi connectivity index (χ2v) is 9.54. The molecule has 2 unspecified atom stereocenters. The van der Waals surface area contributed by atoms with Gasteiger partial charge in [0.15, 0.2) is 0 Å². The van der Waals surface area contributed by atoms with Crippen LogP contribution < -0.4 is 5.32 Å². The average molecular weight is 367 g/mol. The predicted molar refractivity (Wildman–Crippen MR) is 82.1 cm³/mol. The fourth-order valence-corrected chi connectivity index (χ4v) is 6.52. The third kappa shape index (κ3) is 3.05. The van der Waals surface area contributed by atoms with E-state index < -0.39 is 10.0 Å². The van der Waals surface area contributed by atoms with Gasteiger partial charge in [0.2, 0.25) is 10.0 Å². The standard InChI is InChI=1S/C12H19BrN2O2S2/c1-8-7-15(5-4-10(8)14-3)19(16,17)11-6-12(13)18-9(11)2/h6,8,10,14H,4-5,7H2,1-3H3. The van der Waals surface area contributed by atoms with Gasteiger partial charge >= 0.3 is 0 Å². The molecule has 108 valence electrons. The number of hydrogen-bond donors (Lipinski definition) is 1. The van der Waals surface area contributed by atoms with Gasteiger partial charge in [-0.1, -0.05) is 6.92 Å². The van der Waals surface area contributed by atoms with Crippen LogP contribution in [0.1, 0.15) is 18.2 Å². The van der Waals surface area contributed by atoms with Crippen LogP contribution in [0.2, 0.25) is 0 Å². The maximum Gasteiger partial charge on any atom is 0.244 e. The number of nitrogens with one attached hydrogen (secondary N) is 1. The molecule has 2 rings (SSSR count). The summed E-state index contributed by atoms with van der Waals surface area (Å²) in [4.78, 5) is 1.29. The number of hydrogen-bond acceptors (Lipinski definition) is 4. The molecule has 4 nitrogen and oxygen atoms in total. The zero-order chi connectivity index (χ0) is 14.2. The molecule has 1 aliphatic rings. The number of rotatable bonds is 3. The van der Waals surface area contributed by atoms with Crippen molar-refractivity contribution in [2.45, 2.75) is 31.2 Å². The van der Waals surface area contributed by atoms with Crippen molar-refractivity contribution in [1.82, 2.24) is 9.62 Å². The van der Waals surface area contributed by atoms with Gasteiger partial charge in [-0.05, 0) is 48.3 Å². The summed E-state index contributed by atoms with van der Waals surface area (Å²) >= 11 is 4.82. The number of sulfonamides is 1. The van der Waals surface area contributed by atoms with Gasteiger partial charge in [-0.15, -0.1) is 11.3 Å². The molecule has 0 radical (unpaired) electrons. The third-order valence-electron chi connectivity index (χ3n) is 3.70. The zero-order valence-electron chi connectivity index (χ0n) is 11.3. The first-order valence-corrected chi connectivity index (χ1v) is 9.34. The molecule has 0 saturated carbocycles. The van der Waals surface area contributed by atoms with E-state index in [-0.39, 0.29) is 0 Å². The summed E-state index contributed by atoms with van der Waals surface area (Å²) in [6.45, 7) is 5.12. The molecule has 0 amide bonds. The van der Waals surface area contributed by atoms with Gasteiger partial charge in [-0.25, -0.2) is 8.42 Å². The molecular formula is C12H19BrN2O2S2. The maximum absolute atomic E-state index is 12.7. The Hall–Kier alpha value is 0.0500. The van der Waals surface area contributed by atoms with Gasteiger partial charge < -0.3 is 5.32 Å². The highest BCUT2D eigenvalue weighted by Crippen LogP contribution is 2.33. The molecule has 1 saturated heterocycles. The minimum Gasteiger partial charge on any atom is -0.317 e. The highest BCUT2D eigenvalue weighted by atomic mass is 79.9. The lowest BCUT2D eigenvalue weighted by Gasteiger charge is -2.35. The molecule has 1 aromatic rings. The van der Waals surface area contributed by atoms with E-state index in [1.54, 1.807) is 10.4 Å². The fraction of sp³-hybridized carbons (Fsp3) is 0.667. The summed E-state index contributed by atoms with van der Waals surface area (Å²) in [5.74, 6) is 0.330. The highest BCUT2D eigenvalue weighted by Gasteiger charge is 2.34. The van der Waals surface area contributed by atoms with E-state index >= 15 is 0 Å². The molecule has 0 aromatic carbocycles. The van der Waals surface area contributed by atoms with E-state index in [2.05, 4.69) is 28.2 Å². The summed E-state index contributed by atoms with van der Waals surface area (Å²) in [7, 11) is -1.41. The monoisotopic (exact) mass is 366 g/mol. The van der Waals surface area contributed by atoms with Crippen molar-refractivity contribution in [3.8, 4) is 0 Å². The number of thiophene rings is 1. The van der Waals surface area contributed by atoms with Gasteiger partial charge in [-0.2, -0.15) is 4.31 Å². The smallest absolute Gasteiger partial charge is 0.244 e. The van der Waals surface area contributed by atoms with E-state index in [1.165, 1.54) is 11.3 Å². The van der Waals surface area contributed by atoms with E-state index in [4.69, 9.17) is 0 Å². The Morgan fingerprint density at radius 3 is 2.68 bits per heavy atom. The van der Waals surface area contributed by atoms with Crippen LogP contribution in [0.15, 0.2) is 14.7 Å². The van der Waals surface area contributed by atoms with Crippen molar-refractivity contribution in [2.24, 2.45) is 5.92 Å². The summed E-state index contributed by atoms with van der Waals surface area (Å²) in [6, 6.07) is 2.12. The predicted octanol–water partition coefficient (Wildman–Crippen LogP) is 2.44. The Bertz CT molecular complexity index is 556. The fourth-order valence-electron chi connectivity index (χ4n) is 2.58. The second kappa shape index (κ2) is 5.81. The van der Waals surface area contributed by atoms with Crippen LogP contribution >= 0.6 is 27.3 Å². The zero-order valence-corrected chi connectivity index (χ0v) is 14.5. The van der Waals surface area contributed by atoms with Crippen molar-refractivity contribution in [3.05, 3.63) is 14.7 Å². The molecule has 0 aliphatic carbocycles. The number of nitrogens with zero attached hydrogens (tertiary/aromatic N) is 1. The van der Waals surface area contributed by atoms with Crippen molar-refractivity contribution in [2.75, 3.05) is 20.1 Å². The first kappa shape index (κ1) is 15.4. The number of aryl methyl sites for hydroxylation is 1. The molecule has 2 atom stereocenters. The SMILES string of the molecule is CNC1CCN(S(=O)(=O)c2cc(Br)sc2C)CC1C. The topological polar surface area (TPSA) is 49.4 Å². The molecule has 1 aliphatic heterocycles. The van der Waals surface area contributed by atoms with E-state index in [1.807, 2.05) is 14.0 Å². The molecule has 2 heterocycles. The maximum atomic E-state index is 12.7. The second-order valence-electron chi connectivity index (χ2n) is 5.00. The lowest BCUT2D eigenvalue weighted by molar-refractivity contribution is 0.228. The Kier molecular flexibility index (Phi) is 4.72. The molecular weight excluding hydrogens is 348 g/mol.